The van der Waals surface area contributed by atoms with E-state index in [1.54, 1.807) is 4.90 Å². The van der Waals surface area contributed by atoms with Crippen molar-refractivity contribution in [1.82, 2.24) is 9.55 Å². The number of hydrogen-bond donors (Lipinski definition) is 1. The Balaban J connectivity index is 0.00000147. The quantitative estimate of drug-likeness (QED) is 0.635. The van der Waals surface area contributed by atoms with E-state index in [1.807, 2.05) is 35.8 Å². The molecular formula is C15H20ClN3O. The third-order valence-corrected chi connectivity index (χ3v) is 4.16. The SMILES string of the molecule is Cc1nc2ccccc2c(=O)n1C1CC[NH+](C)CC1.[Cl-]. The molecular weight excluding hydrogens is 274 g/mol. The molecule has 3 rings (SSSR count). The van der Waals surface area contributed by atoms with Crippen molar-refractivity contribution in [3.63, 3.8) is 0 Å². The second-order valence-electron chi connectivity index (χ2n) is 5.54. The Hall–Kier alpha value is -1.39. The van der Waals surface area contributed by atoms with Crippen molar-refractivity contribution >= 4 is 10.9 Å². The first-order valence-electron chi connectivity index (χ1n) is 6.96. The molecule has 0 aliphatic carbocycles. The van der Waals surface area contributed by atoms with Crippen LogP contribution in [0.4, 0.5) is 0 Å². The first kappa shape index (κ1) is 15.0. The molecule has 1 saturated heterocycles. The summed E-state index contributed by atoms with van der Waals surface area (Å²) in [6.07, 6.45) is 2.12. The van der Waals surface area contributed by atoms with Crippen LogP contribution in [0.5, 0.6) is 0 Å². The number of likely N-dealkylation sites (tertiary alicyclic amines) is 1. The van der Waals surface area contributed by atoms with Crippen molar-refractivity contribution < 1.29 is 17.3 Å². The molecule has 0 radical (unpaired) electrons. The van der Waals surface area contributed by atoms with Crippen LogP contribution in [0, 0.1) is 6.92 Å². The van der Waals surface area contributed by atoms with Crippen molar-refractivity contribution in [3.05, 3.63) is 40.4 Å². The minimum atomic E-state index is 0. The Kier molecular flexibility index (Phi) is 4.45. The highest BCUT2D eigenvalue weighted by atomic mass is 35.5. The van der Waals surface area contributed by atoms with E-state index in [0.29, 0.717) is 6.04 Å². The van der Waals surface area contributed by atoms with Gasteiger partial charge < -0.3 is 17.3 Å². The van der Waals surface area contributed by atoms with Gasteiger partial charge >= 0.3 is 0 Å². The molecule has 0 atom stereocenters. The van der Waals surface area contributed by atoms with Gasteiger partial charge in [-0.3, -0.25) is 9.36 Å². The monoisotopic (exact) mass is 293 g/mol. The third kappa shape index (κ3) is 2.58. The molecule has 1 aromatic heterocycles. The van der Waals surface area contributed by atoms with Gasteiger partial charge in [-0.25, -0.2) is 4.98 Å². The number of aromatic nitrogens is 2. The fraction of sp³-hybridized carbons (Fsp3) is 0.467. The second kappa shape index (κ2) is 5.94. The number of piperidine rings is 1. The summed E-state index contributed by atoms with van der Waals surface area (Å²) >= 11 is 0. The number of benzene rings is 1. The maximum absolute atomic E-state index is 12.6. The second-order valence-corrected chi connectivity index (χ2v) is 5.54. The molecule has 0 bridgehead atoms. The van der Waals surface area contributed by atoms with E-state index in [-0.39, 0.29) is 18.0 Å². The zero-order valence-electron chi connectivity index (χ0n) is 11.9. The topological polar surface area (TPSA) is 39.3 Å². The number of aryl methyl sites for hydroxylation is 1. The Labute approximate surface area is 124 Å². The van der Waals surface area contributed by atoms with Crippen molar-refractivity contribution in [2.45, 2.75) is 25.8 Å². The summed E-state index contributed by atoms with van der Waals surface area (Å²) in [5.41, 5.74) is 0.924. The van der Waals surface area contributed by atoms with Gasteiger partial charge in [0.05, 0.1) is 31.0 Å². The molecule has 1 aliphatic heterocycles. The average molecular weight is 294 g/mol. The van der Waals surface area contributed by atoms with E-state index in [0.717, 1.165) is 42.7 Å². The molecule has 2 aromatic rings. The lowest BCUT2D eigenvalue weighted by Gasteiger charge is -2.28. The summed E-state index contributed by atoms with van der Waals surface area (Å²) in [4.78, 5) is 18.8. The summed E-state index contributed by atoms with van der Waals surface area (Å²) in [6.45, 7) is 4.20. The molecule has 5 heteroatoms. The van der Waals surface area contributed by atoms with Crippen LogP contribution < -0.4 is 22.9 Å². The fourth-order valence-corrected chi connectivity index (χ4v) is 3.04. The molecule has 0 amide bonds. The van der Waals surface area contributed by atoms with E-state index in [9.17, 15) is 4.79 Å². The number of hydrogen-bond acceptors (Lipinski definition) is 2. The first-order chi connectivity index (χ1) is 9.16. The largest absolute Gasteiger partial charge is 1.00 e. The minimum Gasteiger partial charge on any atom is -1.00 e. The number of nitrogens with one attached hydrogen (secondary N) is 1. The van der Waals surface area contributed by atoms with Crippen molar-refractivity contribution in [2.24, 2.45) is 0 Å². The van der Waals surface area contributed by atoms with Crippen LogP contribution in [-0.4, -0.2) is 29.7 Å². The lowest BCUT2D eigenvalue weighted by molar-refractivity contribution is -0.885. The van der Waals surface area contributed by atoms with Crippen LogP contribution in [0.25, 0.3) is 10.9 Å². The number of rotatable bonds is 1. The number of quaternary nitrogens is 1. The predicted octanol–water partition coefficient (Wildman–Crippen LogP) is -2.44. The Morgan fingerprint density at radius 3 is 2.60 bits per heavy atom. The van der Waals surface area contributed by atoms with Crippen LogP contribution >= 0.6 is 0 Å². The van der Waals surface area contributed by atoms with Gasteiger partial charge in [-0.15, -0.1) is 0 Å². The number of halogens is 1. The van der Waals surface area contributed by atoms with Crippen molar-refractivity contribution in [3.8, 4) is 0 Å². The van der Waals surface area contributed by atoms with Crippen LogP contribution in [0.1, 0.15) is 24.7 Å². The van der Waals surface area contributed by atoms with E-state index in [4.69, 9.17) is 0 Å². The molecule has 4 nitrogen and oxygen atoms in total. The summed E-state index contributed by atoms with van der Waals surface area (Å²) in [5, 5.41) is 0.736. The lowest BCUT2D eigenvalue weighted by atomic mass is 10.0. The fourth-order valence-electron chi connectivity index (χ4n) is 3.04. The molecule has 1 fully saturated rings. The highest BCUT2D eigenvalue weighted by Crippen LogP contribution is 2.18. The lowest BCUT2D eigenvalue weighted by Crippen LogP contribution is -3.10. The zero-order valence-corrected chi connectivity index (χ0v) is 12.7. The Morgan fingerprint density at radius 2 is 1.90 bits per heavy atom. The predicted molar refractivity (Wildman–Crippen MR) is 75.6 cm³/mol. The molecule has 1 aromatic carbocycles. The summed E-state index contributed by atoms with van der Waals surface area (Å²) in [5.74, 6) is 0.841. The van der Waals surface area contributed by atoms with Gasteiger partial charge in [0.2, 0.25) is 0 Å². The molecule has 0 unspecified atom stereocenters. The molecule has 2 heterocycles. The normalized spacial score (nSPS) is 22.5. The smallest absolute Gasteiger partial charge is 0.261 e. The summed E-state index contributed by atoms with van der Waals surface area (Å²) < 4.78 is 1.91. The molecule has 0 saturated carbocycles. The standard InChI is InChI=1S/C15H19N3O.ClH/c1-11-16-14-6-4-3-5-13(14)15(19)18(11)12-7-9-17(2)10-8-12;/h3-6,12H,7-10H2,1-2H3;1H. The molecule has 0 spiro atoms. The van der Waals surface area contributed by atoms with Gasteiger partial charge in [0.15, 0.2) is 0 Å². The highest BCUT2D eigenvalue weighted by molar-refractivity contribution is 5.77. The molecule has 1 aliphatic rings. The summed E-state index contributed by atoms with van der Waals surface area (Å²) in [7, 11) is 2.21. The van der Waals surface area contributed by atoms with Crippen LogP contribution in [0.15, 0.2) is 29.1 Å². The first-order valence-corrected chi connectivity index (χ1v) is 6.96. The highest BCUT2D eigenvalue weighted by Gasteiger charge is 2.23. The maximum atomic E-state index is 12.6. The van der Waals surface area contributed by atoms with Crippen LogP contribution in [0.3, 0.4) is 0 Å². The molecule has 20 heavy (non-hydrogen) atoms. The van der Waals surface area contributed by atoms with E-state index in [2.05, 4.69) is 12.0 Å². The molecule has 1 N–H and O–H groups in total. The van der Waals surface area contributed by atoms with Crippen LogP contribution in [0.2, 0.25) is 0 Å². The minimum absolute atomic E-state index is 0. The number of para-hydroxylation sites is 1. The van der Waals surface area contributed by atoms with E-state index < -0.39 is 0 Å². The average Bonchev–Trinajstić information content (AvgIpc) is 2.41. The number of fused-ring (bicyclic) bond motifs is 1. The zero-order chi connectivity index (χ0) is 13.4. The van der Waals surface area contributed by atoms with Crippen molar-refractivity contribution in [2.75, 3.05) is 20.1 Å². The van der Waals surface area contributed by atoms with Gasteiger partial charge in [0, 0.05) is 18.9 Å². The van der Waals surface area contributed by atoms with Gasteiger partial charge in [0.1, 0.15) is 5.82 Å². The van der Waals surface area contributed by atoms with E-state index >= 15 is 0 Å². The summed E-state index contributed by atoms with van der Waals surface area (Å²) in [6, 6.07) is 7.93. The maximum Gasteiger partial charge on any atom is 0.261 e. The Bertz CT molecular complexity index is 660. The van der Waals surface area contributed by atoms with Gasteiger partial charge in [-0.1, -0.05) is 12.1 Å². The van der Waals surface area contributed by atoms with Gasteiger partial charge in [-0.05, 0) is 19.1 Å². The number of nitrogens with zero attached hydrogens (tertiary/aromatic N) is 2. The van der Waals surface area contributed by atoms with Gasteiger partial charge in [-0.2, -0.15) is 0 Å². The van der Waals surface area contributed by atoms with Gasteiger partial charge in [0.25, 0.3) is 5.56 Å². The van der Waals surface area contributed by atoms with Crippen molar-refractivity contribution in [1.29, 1.82) is 0 Å². The van der Waals surface area contributed by atoms with E-state index in [1.165, 1.54) is 0 Å². The third-order valence-electron chi connectivity index (χ3n) is 4.16. The Morgan fingerprint density at radius 1 is 1.25 bits per heavy atom. The molecule has 108 valence electrons. The van der Waals surface area contributed by atoms with Crippen LogP contribution in [-0.2, 0) is 0 Å².